The molecule has 0 bridgehead atoms. The van der Waals surface area contributed by atoms with E-state index < -0.39 is 0 Å². The Morgan fingerprint density at radius 2 is 0.471 bits per heavy atom. The summed E-state index contributed by atoms with van der Waals surface area (Å²) in [6.45, 7) is 11.8. The van der Waals surface area contributed by atoms with Crippen LogP contribution in [0, 0.1) is 0 Å². The van der Waals surface area contributed by atoms with E-state index in [0.29, 0.717) is 0 Å². The zero-order valence-electron chi connectivity index (χ0n) is 39.1. The summed E-state index contributed by atoms with van der Waals surface area (Å²) in [6, 6.07) is 81.0. The zero-order valence-corrected chi connectivity index (χ0v) is 39.1. The minimum atomic E-state index is 0.922. The second-order valence-corrected chi connectivity index (χ2v) is 18.9. The van der Waals surface area contributed by atoms with E-state index in [1.165, 1.54) is 87.6 Å². The second-order valence-electron chi connectivity index (χ2n) is 18.9. The fourth-order valence-electron chi connectivity index (χ4n) is 10.6. The number of benzene rings is 10. The summed E-state index contributed by atoms with van der Waals surface area (Å²) in [6.07, 6.45) is 0. The molecule has 0 N–H and O–H groups in total. The van der Waals surface area contributed by atoms with Crippen molar-refractivity contribution in [3.63, 3.8) is 0 Å². The standard InChI is InChI=1S/C64H60N4/c1-3-15-49(16-4-1)45-65-35-39-67(47-51-27-31-53(32-28-51)63-59-23-11-7-19-55(59)43-56-20-8-12-24-60(56)63)41-37-66(46-50-17-5-2-6-18-50)38-42-68(40-36-65)48-52-29-33-54(34-30-52)64-61-25-13-9-21-57(61)44-58-22-10-14-26-62(58)64/h1-34,43-44H,35-42,45-48H2. The largest absolute Gasteiger partial charge is 0.297 e. The lowest BCUT2D eigenvalue weighted by Gasteiger charge is -2.34. The summed E-state index contributed by atoms with van der Waals surface area (Å²) in [5.74, 6) is 0. The molecule has 68 heavy (non-hydrogen) atoms. The molecule has 0 unspecified atom stereocenters. The zero-order chi connectivity index (χ0) is 45.5. The van der Waals surface area contributed by atoms with Gasteiger partial charge in [-0.05, 0) is 99.7 Å². The fraction of sp³-hybridized carbons (Fsp3) is 0.188. The lowest BCUT2D eigenvalue weighted by atomic mass is 9.92. The van der Waals surface area contributed by atoms with Crippen LogP contribution in [-0.2, 0) is 26.2 Å². The van der Waals surface area contributed by atoms with Gasteiger partial charge in [0.15, 0.2) is 0 Å². The van der Waals surface area contributed by atoms with Crippen LogP contribution >= 0.6 is 0 Å². The third-order valence-corrected chi connectivity index (χ3v) is 14.3. The van der Waals surface area contributed by atoms with Crippen LogP contribution in [0.25, 0.3) is 65.3 Å². The third kappa shape index (κ3) is 10.0. The molecule has 4 nitrogen and oxygen atoms in total. The molecule has 0 atom stereocenters. The molecular formula is C64H60N4. The predicted molar refractivity (Wildman–Crippen MR) is 288 cm³/mol. The van der Waals surface area contributed by atoms with E-state index in [-0.39, 0.29) is 0 Å². The Kier molecular flexibility index (Phi) is 13.2. The lowest BCUT2D eigenvalue weighted by molar-refractivity contribution is 0.122. The highest BCUT2D eigenvalue weighted by Crippen LogP contribution is 2.38. The van der Waals surface area contributed by atoms with E-state index in [1.807, 2.05) is 0 Å². The minimum absolute atomic E-state index is 0.922. The molecule has 11 rings (SSSR count). The Balaban J connectivity index is 0.851. The molecule has 0 amide bonds. The Bertz CT molecular complexity index is 2910. The molecule has 0 saturated carbocycles. The number of nitrogens with zero attached hydrogens (tertiary/aromatic N) is 4. The van der Waals surface area contributed by atoms with E-state index in [0.717, 1.165) is 78.5 Å². The van der Waals surface area contributed by atoms with E-state index in [9.17, 15) is 0 Å². The van der Waals surface area contributed by atoms with Crippen molar-refractivity contribution < 1.29 is 0 Å². The normalized spacial score (nSPS) is 15.2. The first kappa shape index (κ1) is 43.6. The van der Waals surface area contributed by atoms with Gasteiger partial charge in [0.25, 0.3) is 0 Å². The lowest BCUT2D eigenvalue weighted by Crippen LogP contribution is -2.45. The first-order valence-corrected chi connectivity index (χ1v) is 24.6. The molecule has 0 aromatic heterocycles. The van der Waals surface area contributed by atoms with Crippen molar-refractivity contribution in [3.05, 3.63) is 241 Å². The smallest absolute Gasteiger partial charge is 0.0234 e. The van der Waals surface area contributed by atoms with E-state index in [4.69, 9.17) is 0 Å². The first-order valence-electron chi connectivity index (χ1n) is 24.6. The Morgan fingerprint density at radius 3 is 0.750 bits per heavy atom. The summed E-state index contributed by atoms with van der Waals surface area (Å²) in [4.78, 5) is 10.8. The van der Waals surface area contributed by atoms with Crippen molar-refractivity contribution in [1.82, 2.24) is 19.6 Å². The van der Waals surface area contributed by atoms with Crippen molar-refractivity contribution >= 4 is 43.1 Å². The minimum Gasteiger partial charge on any atom is -0.297 e. The maximum atomic E-state index is 2.71. The van der Waals surface area contributed by atoms with Crippen molar-refractivity contribution in [3.8, 4) is 22.3 Å². The molecule has 0 radical (unpaired) electrons. The molecule has 1 aliphatic heterocycles. The van der Waals surface area contributed by atoms with Crippen LogP contribution in [0.2, 0.25) is 0 Å². The number of fused-ring (bicyclic) bond motifs is 4. The highest BCUT2D eigenvalue weighted by Gasteiger charge is 2.19. The summed E-state index contributed by atoms with van der Waals surface area (Å²) >= 11 is 0. The van der Waals surface area contributed by atoms with Gasteiger partial charge in [0.2, 0.25) is 0 Å². The highest BCUT2D eigenvalue weighted by molar-refractivity contribution is 6.13. The molecule has 4 heteroatoms. The van der Waals surface area contributed by atoms with Crippen LogP contribution < -0.4 is 0 Å². The van der Waals surface area contributed by atoms with Crippen LogP contribution in [0.5, 0.6) is 0 Å². The van der Waals surface area contributed by atoms with Gasteiger partial charge in [-0.2, -0.15) is 0 Å². The molecule has 1 heterocycles. The van der Waals surface area contributed by atoms with Crippen molar-refractivity contribution in [2.24, 2.45) is 0 Å². The number of rotatable bonds is 10. The summed E-state index contributed by atoms with van der Waals surface area (Å²) < 4.78 is 0. The van der Waals surface area contributed by atoms with Gasteiger partial charge in [-0.25, -0.2) is 0 Å². The Morgan fingerprint density at radius 1 is 0.235 bits per heavy atom. The van der Waals surface area contributed by atoms with Crippen LogP contribution in [0.1, 0.15) is 22.3 Å². The summed E-state index contributed by atoms with van der Waals surface area (Å²) in [7, 11) is 0. The van der Waals surface area contributed by atoms with Crippen LogP contribution in [0.4, 0.5) is 0 Å². The van der Waals surface area contributed by atoms with Crippen molar-refractivity contribution in [1.29, 1.82) is 0 Å². The number of hydrogen-bond acceptors (Lipinski definition) is 4. The van der Waals surface area contributed by atoms with Crippen LogP contribution in [0.15, 0.2) is 218 Å². The first-order chi connectivity index (χ1) is 33.7. The maximum absolute atomic E-state index is 2.71. The third-order valence-electron chi connectivity index (χ3n) is 14.3. The van der Waals surface area contributed by atoms with Crippen LogP contribution in [0.3, 0.4) is 0 Å². The molecule has 336 valence electrons. The quantitative estimate of drug-likeness (QED) is 0.127. The van der Waals surface area contributed by atoms with E-state index in [1.54, 1.807) is 0 Å². The van der Waals surface area contributed by atoms with Gasteiger partial charge >= 0.3 is 0 Å². The van der Waals surface area contributed by atoms with E-state index in [2.05, 4.69) is 238 Å². The summed E-state index contributed by atoms with van der Waals surface area (Å²) in [5, 5.41) is 10.4. The molecule has 10 aromatic rings. The average molecular weight is 885 g/mol. The van der Waals surface area contributed by atoms with Gasteiger partial charge in [-0.3, -0.25) is 19.6 Å². The van der Waals surface area contributed by atoms with Gasteiger partial charge in [-0.1, -0.05) is 206 Å². The van der Waals surface area contributed by atoms with Gasteiger partial charge in [0.1, 0.15) is 0 Å². The van der Waals surface area contributed by atoms with Crippen molar-refractivity contribution in [2.45, 2.75) is 26.2 Å². The van der Waals surface area contributed by atoms with Crippen LogP contribution in [-0.4, -0.2) is 72.0 Å². The predicted octanol–water partition coefficient (Wildman–Crippen LogP) is 14.0. The van der Waals surface area contributed by atoms with Crippen molar-refractivity contribution in [2.75, 3.05) is 52.4 Å². The molecule has 10 aromatic carbocycles. The molecule has 0 aliphatic carbocycles. The summed E-state index contributed by atoms with van der Waals surface area (Å²) in [5.41, 5.74) is 10.7. The Labute approximate surface area is 402 Å². The molecule has 1 fully saturated rings. The molecule has 0 spiro atoms. The monoisotopic (exact) mass is 884 g/mol. The van der Waals surface area contributed by atoms with Gasteiger partial charge < -0.3 is 0 Å². The molecular weight excluding hydrogens is 825 g/mol. The maximum Gasteiger partial charge on any atom is 0.0234 e. The molecule has 1 saturated heterocycles. The fourth-order valence-corrected chi connectivity index (χ4v) is 10.6. The van der Waals surface area contributed by atoms with Gasteiger partial charge in [0, 0.05) is 78.5 Å². The number of hydrogen-bond donors (Lipinski definition) is 0. The average Bonchev–Trinajstić information content (AvgIpc) is 3.39. The van der Waals surface area contributed by atoms with E-state index >= 15 is 0 Å². The topological polar surface area (TPSA) is 13.0 Å². The molecule has 1 aliphatic rings. The highest BCUT2D eigenvalue weighted by atomic mass is 15.3. The SMILES string of the molecule is c1ccc(CN2CCN(Cc3ccc(-c4c5ccccc5cc5ccccc45)cc3)CCN(Cc3ccccc3)CCN(Cc3ccc(-c4c5ccccc5cc5ccccc45)cc3)CC2)cc1. The van der Waals surface area contributed by atoms with Gasteiger partial charge in [0.05, 0.1) is 0 Å². The Hall–Kier alpha value is -6.92. The second kappa shape index (κ2) is 20.5. The van der Waals surface area contributed by atoms with Gasteiger partial charge in [-0.15, -0.1) is 0 Å².